The minimum absolute atomic E-state index is 0. The smallest absolute Gasteiger partial charge is 0.179 e. The molecule has 0 unspecified atom stereocenters. The molecule has 0 saturated heterocycles. The molecule has 0 aliphatic heterocycles. The van der Waals surface area contributed by atoms with Crippen molar-refractivity contribution >= 4 is 24.0 Å². The third-order valence-corrected chi connectivity index (χ3v) is 3.61. The molecule has 0 saturated carbocycles. The van der Waals surface area contributed by atoms with Crippen molar-refractivity contribution in [1.82, 2.24) is 5.32 Å². The molecule has 1 N–H and O–H groups in total. The molecule has 2 aromatic carbocycles. The number of hydrogen-bond acceptors (Lipinski definition) is 4. The number of ether oxygens (including phenoxy) is 3. The molecule has 126 valence electrons. The Morgan fingerprint density at radius 1 is 0.913 bits per heavy atom. The lowest BCUT2D eigenvalue weighted by molar-refractivity contribution is 0.354. The largest absolute Gasteiger partial charge is 0.496 e. The summed E-state index contributed by atoms with van der Waals surface area (Å²) < 4.78 is 15.9. The van der Waals surface area contributed by atoms with Crippen molar-refractivity contribution in [2.45, 2.75) is 13.1 Å². The molecule has 0 fully saturated rings. The summed E-state index contributed by atoms with van der Waals surface area (Å²) in [5.41, 5.74) is 2.13. The van der Waals surface area contributed by atoms with E-state index in [9.17, 15) is 0 Å². The summed E-state index contributed by atoms with van der Waals surface area (Å²) in [7, 11) is 4.84. The minimum Gasteiger partial charge on any atom is -0.496 e. The standard InChI is InChI=1S/C17H20ClNO3.ClH/c1-20-15-7-5-4-6-13(15)11-19-10-12-8-14(18)17(22-3)16(9-12)21-2;/h4-9,19H,10-11H2,1-3H3;1H. The van der Waals surface area contributed by atoms with Crippen LogP contribution < -0.4 is 19.5 Å². The monoisotopic (exact) mass is 357 g/mol. The van der Waals surface area contributed by atoms with E-state index in [4.69, 9.17) is 25.8 Å². The van der Waals surface area contributed by atoms with E-state index in [1.165, 1.54) is 0 Å². The van der Waals surface area contributed by atoms with Gasteiger partial charge in [0.2, 0.25) is 0 Å². The summed E-state index contributed by atoms with van der Waals surface area (Å²) in [4.78, 5) is 0. The van der Waals surface area contributed by atoms with Gasteiger partial charge in [-0.1, -0.05) is 29.8 Å². The number of methoxy groups -OCH3 is 3. The van der Waals surface area contributed by atoms with E-state index < -0.39 is 0 Å². The van der Waals surface area contributed by atoms with Crippen molar-refractivity contribution in [3.63, 3.8) is 0 Å². The molecule has 0 bridgehead atoms. The van der Waals surface area contributed by atoms with Gasteiger partial charge in [-0.2, -0.15) is 0 Å². The number of hydrogen-bond donors (Lipinski definition) is 1. The highest BCUT2D eigenvalue weighted by Crippen LogP contribution is 2.35. The lowest BCUT2D eigenvalue weighted by Gasteiger charge is -2.13. The Kier molecular flexibility index (Phi) is 8.03. The Morgan fingerprint density at radius 2 is 1.61 bits per heavy atom. The first-order valence-corrected chi connectivity index (χ1v) is 7.30. The van der Waals surface area contributed by atoms with Crippen molar-refractivity contribution in [3.8, 4) is 17.2 Å². The Hall–Kier alpha value is -1.62. The van der Waals surface area contributed by atoms with Gasteiger partial charge in [-0.25, -0.2) is 0 Å². The van der Waals surface area contributed by atoms with Crippen LogP contribution in [-0.4, -0.2) is 21.3 Å². The zero-order valence-electron chi connectivity index (χ0n) is 13.4. The van der Waals surface area contributed by atoms with Gasteiger partial charge in [0.1, 0.15) is 5.75 Å². The first-order valence-electron chi connectivity index (χ1n) is 6.92. The predicted octanol–water partition coefficient (Wildman–Crippen LogP) is 4.08. The second-order valence-corrected chi connectivity index (χ2v) is 5.14. The Bertz CT molecular complexity index is 635. The van der Waals surface area contributed by atoms with Crippen LogP contribution in [0.2, 0.25) is 5.02 Å². The molecule has 2 rings (SSSR count). The van der Waals surface area contributed by atoms with E-state index in [0.29, 0.717) is 29.6 Å². The Morgan fingerprint density at radius 3 is 2.26 bits per heavy atom. The SMILES string of the molecule is COc1ccccc1CNCc1cc(Cl)c(OC)c(OC)c1.Cl. The maximum absolute atomic E-state index is 6.20. The Balaban J connectivity index is 0.00000264. The van der Waals surface area contributed by atoms with Crippen molar-refractivity contribution in [1.29, 1.82) is 0 Å². The highest BCUT2D eigenvalue weighted by molar-refractivity contribution is 6.32. The van der Waals surface area contributed by atoms with Crippen LogP contribution in [-0.2, 0) is 13.1 Å². The van der Waals surface area contributed by atoms with Crippen molar-refractivity contribution in [3.05, 3.63) is 52.5 Å². The molecule has 2 aromatic rings. The van der Waals surface area contributed by atoms with Gasteiger partial charge < -0.3 is 19.5 Å². The molecule has 0 aliphatic carbocycles. The maximum atomic E-state index is 6.20. The third kappa shape index (κ3) is 4.93. The molecular formula is C17H21Cl2NO3. The minimum atomic E-state index is 0. The summed E-state index contributed by atoms with van der Waals surface area (Å²) in [5, 5.41) is 3.91. The van der Waals surface area contributed by atoms with E-state index >= 15 is 0 Å². The zero-order chi connectivity index (χ0) is 15.9. The van der Waals surface area contributed by atoms with Crippen molar-refractivity contribution in [2.75, 3.05) is 21.3 Å². The number of para-hydroxylation sites is 1. The van der Waals surface area contributed by atoms with Crippen molar-refractivity contribution < 1.29 is 14.2 Å². The van der Waals surface area contributed by atoms with Crippen LogP contribution in [0.1, 0.15) is 11.1 Å². The zero-order valence-corrected chi connectivity index (χ0v) is 15.0. The molecule has 0 aromatic heterocycles. The summed E-state index contributed by atoms with van der Waals surface area (Å²) in [6.07, 6.45) is 0. The Labute approximate surface area is 148 Å². The molecular weight excluding hydrogens is 337 g/mol. The molecule has 0 heterocycles. The third-order valence-electron chi connectivity index (χ3n) is 3.33. The number of halogens is 2. The molecule has 0 atom stereocenters. The second-order valence-electron chi connectivity index (χ2n) is 4.73. The van der Waals surface area contributed by atoms with Gasteiger partial charge in [-0.15, -0.1) is 12.4 Å². The molecule has 4 nitrogen and oxygen atoms in total. The lowest BCUT2D eigenvalue weighted by Crippen LogP contribution is -2.13. The van der Waals surface area contributed by atoms with E-state index in [2.05, 4.69) is 5.32 Å². The first kappa shape index (κ1) is 19.4. The van der Waals surface area contributed by atoms with E-state index in [1.54, 1.807) is 21.3 Å². The van der Waals surface area contributed by atoms with Gasteiger partial charge in [-0.3, -0.25) is 0 Å². The van der Waals surface area contributed by atoms with Gasteiger partial charge in [0.05, 0.1) is 26.4 Å². The summed E-state index contributed by atoms with van der Waals surface area (Å²) in [5.74, 6) is 2.06. The average Bonchev–Trinajstić information content (AvgIpc) is 2.54. The lowest BCUT2D eigenvalue weighted by atomic mass is 10.1. The van der Waals surface area contributed by atoms with E-state index in [-0.39, 0.29) is 12.4 Å². The quantitative estimate of drug-likeness (QED) is 0.810. The van der Waals surface area contributed by atoms with Crippen molar-refractivity contribution in [2.24, 2.45) is 0 Å². The van der Waals surface area contributed by atoms with E-state index in [0.717, 1.165) is 16.9 Å². The second kappa shape index (κ2) is 9.50. The van der Waals surface area contributed by atoms with E-state index in [1.807, 2.05) is 36.4 Å². The normalized spacial score (nSPS) is 9.91. The number of benzene rings is 2. The fourth-order valence-electron chi connectivity index (χ4n) is 2.26. The van der Waals surface area contributed by atoms with Crippen LogP contribution in [0, 0.1) is 0 Å². The molecule has 23 heavy (non-hydrogen) atoms. The first-order chi connectivity index (χ1) is 10.7. The maximum Gasteiger partial charge on any atom is 0.179 e. The highest BCUT2D eigenvalue weighted by Gasteiger charge is 2.10. The van der Waals surface area contributed by atoms with Crippen LogP contribution in [0.4, 0.5) is 0 Å². The summed E-state index contributed by atoms with van der Waals surface area (Å²) in [6, 6.07) is 11.7. The molecule has 0 spiro atoms. The molecule has 0 radical (unpaired) electrons. The fraction of sp³-hybridized carbons (Fsp3) is 0.294. The van der Waals surface area contributed by atoms with Gasteiger partial charge in [0, 0.05) is 18.7 Å². The number of nitrogens with one attached hydrogen (secondary N) is 1. The van der Waals surface area contributed by atoms with Gasteiger partial charge in [-0.05, 0) is 23.8 Å². The van der Waals surface area contributed by atoms with Crippen LogP contribution in [0.15, 0.2) is 36.4 Å². The summed E-state index contributed by atoms with van der Waals surface area (Å²) in [6.45, 7) is 1.37. The average molecular weight is 358 g/mol. The van der Waals surface area contributed by atoms with Crippen LogP contribution in [0.3, 0.4) is 0 Å². The van der Waals surface area contributed by atoms with Crippen LogP contribution in [0.25, 0.3) is 0 Å². The van der Waals surface area contributed by atoms with Crippen LogP contribution >= 0.6 is 24.0 Å². The topological polar surface area (TPSA) is 39.7 Å². The van der Waals surface area contributed by atoms with Gasteiger partial charge >= 0.3 is 0 Å². The fourth-order valence-corrected chi connectivity index (χ4v) is 2.57. The van der Waals surface area contributed by atoms with Gasteiger partial charge in [0.15, 0.2) is 11.5 Å². The molecule has 0 amide bonds. The number of rotatable bonds is 7. The molecule has 0 aliphatic rings. The van der Waals surface area contributed by atoms with Gasteiger partial charge in [0.25, 0.3) is 0 Å². The predicted molar refractivity (Wildman–Crippen MR) is 95.3 cm³/mol. The molecule has 6 heteroatoms. The summed E-state index contributed by atoms with van der Waals surface area (Å²) >= 11 is 6.20. The van der Waals surface area contributed by atoms with Crippen LogP contribution in [0.5, 0.6) is 17.2 Å². The highest BCUT2D eigenvalue weighted by atomic mass is 35.5.